The molecule has 9 nitrogen and oxygen atoms in total. The van der Waals surface area contributed by atoms with Crippen molar-refractivity contribution in [1.82, 2.24) is 9.21 Å². The molecule has 0 amide bonds. The summed E-state index contributed by atoms with van der Waals surface area (Å²) in [6.07, 6.45) is -0.192. The van der Waals surface area contributed by atoms with Crippen LogP contribution in [0.3, 0.4) is 0 Å². The van der Waals surface area contributed by atoms with E-state index in [0.29, 0.717) is 13.1 Å². The maximum Gasteiger partial charge on any atom is 0.320 e. The van der Waals surface area contributed by atoms with Gasteiger partial charge in [0, 0.05) is 38.3 Å². The number of esters is 1. The van der Waals surface area contributed by atoms with Crippen molar-refractivity contribution in [2.24, 2.45) is 0 Å². The number of non-ortho nitro benzene ring substituents is 1. The molecular formula is C15H21N3O6S. The molecule has 0 aromatic heterocycles. The molecule has 0 radical (unpaired) electrons. The molecule has 1 aromatic rings. The summed E-state index contributed by atoms with van der Waals surface area (Å²) in [7, 11) is -3.80. The second-order valence-electron chi connectivity index (χ2n) is 5.97. The van der Waals surface area contributed by atoms with Crippen molar-refractivity contribution in [3.8, 4) is 0 Å². The first-order valence-electron chi connectivity index (χ1n) is 7.86. The first-order chi connectivity index (χ1) is 11.7. The van der Waals surface area contributed by atoms with Gasteiger partial charge < -0.3 is 4.74 Å². The van der Waals surface area contributed by atoms with Crippen LogP contribution in [0.5, 0.6) is 0 Å². The van der Waals surface area contributed by atoms with Crippen LogP contribution in [0.15, 0.2) is 29.2 Å². The third-order valence-electron chi connectivity index (χ3n) is 3.72. The Balaban J connectivity index is 2.01. The van der Waals surface area contributed by atoms with Crippen molar-refractivity contribution in [3.63, 3.8) is 0 Å². The maximum absolute atomic E-state index is 12.6. The molecule has 1 aliphatic heterocycles. The van der Waals surface area contributed by atoms with Crippen LogP contribution >= 0.6 is 0 Å². The molecule has 1 saturated heterocycles. The summed E-state index contributed by atoms with van der Waals surface area (Å²) in [5, 5.41) is 10.8. The van der Waals surface area contributed by atoms with Crippen LogP contribution in [0.4, 0.5) is 5.69 Å². The lowest BCUT2D eigenvalue weighted by Crippen LogP contribution is -2.50. The molecule has 0 N–H and O–H groups in total. The van der Waals surface area contributed by atoms with Gasteiger partial charge in [0.1, 0.15) is 0 Å². The zero-order chi connectivity index (χ0) is 18.6. The Kier molecular flexibility index (Phi) is 6.09. The molecule has 0 bridgehead atoms. The smallest absolute Gasteiger partial charge is 0.320 e. The van der Waals surface area contributed by atoms with Crippen LogP contribution in [0.25, 0.3) is 0 Å². The molecule has 0 spiro atoms. The standard InChI is InChI=1S/C15H21N3O6S/c1-12(2)24-15(19)11-16-6-8-17(9-7-16)25(22,23)14-5-3-4-13(10-14)18(20)21/h3-5,10,12H,6-9,11H2,1-2H3. The number of ether oxygens (including phenoxy) is 1. The Morgan fingerprint density at radius 1 is 1.28 bits per heavy atom. The summed E-state index contributed by atoms with van der Waals surface area (Å²) in [6.45, 7) is 4.84. The van der Waals surface area contributed by atoms with Gasteiger partial charge in [0.05, 0.1) is 22.5 Å². The van der Waals surface area contributed by atoms with Crippen molar-refractivity contribution < 1.29 is 22.9 Å². The van der Waals surface area contributed by atoms with Crippen molar-refractivity contribution in [3.05, 3.63) is 34.4 Å². The molecule has 0 aliphatic carbocycles. The van der Waals surface area contributed by atoms with E-state index in [1.54, 1.807) is 13.8 Å². The molecule has 1 heterocycles. The van der Waals surface area contributed by atoms with E-state index in [9.17, 15) is 23.3 Å². The van der Waals surface area contributed by atoms with Gasteiger partial charge in [0.25, 0.3) is 5.69 Å². The second kappa shape index (κ2) is 7.89. The number of piperazine rings is 1. The highest BCUT2D eigenvalue weighted by atomic mass is 32.2. The Labute approximate surface area is 146 Å². The molecule has 0 atom stereocenters. The Morgan fingerprint density at radius 3 is 2.48 bits per heavy atom. The number of rotatable bonds is 6. The lowest BCUT2D eigenvalue weighted by atomic mass is 10.3. The van der Waals surface area contributed by atoms with Gasteiger partial charge in [-0.1, -0.05) is 6.07 Å². The minimum atomic E-state index is -3.80. The van der Waals surface area contributed by atoms with Gasteiger partial charge in [0.15, 0.2) is 0 Å². The SMILES string of the molecule is CC(C)OC(=O)CN1CCN(S(=O)(=O)c2cccc([N+](=O)[O-])c2)CC1. The van der Waals surface area contributed by atoms with Crippen molar-refractivity contribution >= 4 is 21.7 Å². The van der Waals surface area contributed by atoms with Crippen LogP contribution in [-0.4, -0.2) is 67.3 Å². The summed E-state index contributed by atoms with van der Waals surface area (Å²) in [5.41, 5.74) is -0.267. The fourth-order valence-corrected chi connectivity index (χ4v) is 3.98. The minimum Gasteiger partial charge on any atom is -0.462 e. The second-order valence-corrected chi connectivity index (χ2v) is 7.91. The first-order valence-corrected chi connectivity index (χ1v) is 9.30. The number of sulfonamides is 1. The van der Waals surface area contributed by atoms with Crippen molar-refractivity contribution in [1.29, 1.82) is 0 Å². The number of hydrogen-bond acceptors (Lipinski definition) is 7. The lowest BCUT2D eigenvalue weighted by Gasteiger charge is -2.33. The molecule has 1 aliphatic rings. The number of nitro groups is 1. The fraction of sp³-hybridized carbons (Fsp3) is 0.533. The maximum atomic E-state index is 12.6. The van der Waals surface area contributed by atoms with Gasteiger partial charge in [-0.05, 0) is 19.9 Å². The molecule has 10 heteroatoms. The summed E-state index contributed by atoms with van der Waals surface area (Å²) in [6, 6.07) is 5.00. The number of carbonyl (C=O) groups is 1. The third kappa shape index (κ3) is 4.97. The number of hydrogen-bond donors (Lipinski definition) is 0. The molecular weight excluding hydrogens is 350 g/mol. The van der Waals surface area contributed by atoms with E-state index in [0.717, 1.165) is 6.07 Å². The predicted octanol–water partition coefficient (Wildman–Crippen LogP) is 0.853. The van der Waals surface area contributed by atoms with Crippen LogP contribution in [-0.2, 0) is 19.6 Å². The normalized spacial score (nSPS) is 16.8. The summed E-state index contributed by atoms with van der Waals surface area (Å²) in [5.74, 6) is -0.343. The summed E-state index contributed by atoms with van der Waals surface area (Å²) in [4.78, 5) is 23.6. The van der Waals surface area contributed by atoms with Crippen LogP contribution in [0.1, 0.15) is 13.8 Å². The molecule has 1 aromatic carbocycles. The van der Waals surface area contributed by atoms with Gasteiger partial charge in [-0.25, -0.2) is 8.42 Å². The molecule has 0 unspecified atom stereocenters. The highest BCUT2D eigenvalue weighted by Crippen LogP contribution is 2.22. The van der Waals surface area contributed by atoms with E-state index in [1.165, 1.54) is 22.5 Å². The van der Waals surface area contributed by atoms with Crippen molar-refractivity contribution in [2.75, 3.05) is 32.7 Å². The minimum absolute atomic E-state index is 0.102. The zero-order valence-electron chi connectivity index (χ0n) is 14.1. The lowest BCUT2D eigenvalue weighted by molar-refractivity contribution is -0.385. The number of carbonyl (C=O) groups excluding carboxylic acids is 1. The van der Waals surface area contributed by atoms with Gasteiger partial charge >= 0.3 is 5.97 Å². The van der Waals surface area contributed by atoms with Gasteiger partial charge in [-0.15, -0.1) is 0 Å². The largest absolute Gasteiger partial charge is 0.462 e. The topological polar surface area (TPSA) is 110 Å². The van der Waals surface area contributed by atoms with Gasteiger partial charge in [0.2, 0.25) is 10.0 Å². The highest BCUT2D eigenvalue weighted by Gasteiger charge is 2.30. The average molecular weight is 371 g/mol. The monoisotopic (exact) mass is 371 g/mol. The van der Waals surface area contributed by atoms with Crippen LogP contribution in [0.2, 0.25) is 0 Å². The molecule has 0 saturated carbocycles. The Hall–Kier alpha value is -2.04. The molecule has 138 valence electrons. The number of nitrogens with zero attached hydrogens (tertiary/aromatic N) is 3. The van der Waals surface area contributed by atoms with E-state index in [2.05, 4.69) is 0 Å². The molecule has 2 rings (SSSR count). The average Bonchev–Trinajstić information content (AvgIpc) is 2.54. The van der Waals surface area contributed by atoms with Crippen molar-refractivity contribution in [2.45, 2.75) is 24.8 Å². The van der Waals surface area contributed by atoms with Crippen LogP contribution in [0, 0.1) is 10.1 Å². The Bertz CT molecular complexity index is 741. The summed E-state index contributed by atoms with van der Waals surface area (Å²) >= 11 is 0. The van der Waals surface area contributed by atoms with E-state index in [1.807, 2.05) is 4.90 Å². The van der Waals surface area contributed by atoms with Gasteiger partial charge in [-0.3, -0.25) is 19.8 Å². The fourth-order valence-electron chi connectivity index (χ4n) is 2.52. The van der Waals surface area contributed by atoms with Gasteiger partial charge in [-0.2, -0.15) is 4.31 Å². The van der Waals surface area contributed by atoms with E-state index >= 15 is 0 Å². The molecule has 1 fully saturated rings. The predicted molar refractivity (Wildman–Crippen MR) is 89.5 cm³/mol. The quantitative estimate of drug-likeness (QED) is 0.414. The van der Waals surface area contributed by atoms with E-state index in [4.69, 9.17) is 4.74 Å². The van der Waals surface area contributed by atoms with Crippen LogP contribution < -0.4 is 0 Å². The third-order valence-corrected chi connectivity index (χ3v) is 5.61. The molecule has 25 heavy (non-hydrogen) atoms. The number of benzene rings is 1. The number of nitro benzene ring substituents is 1. The summed E-state index contributed by atoms with van der Waals surface area (Å²) < 4.78 is 31.6. The first kappa shape index (κ1) is 19.3. The highest BCUT2D eigenvalue weighted by molar-refractivity contribution is 7.89. The van der Waals surface area contributed by atoms with E-state index < -0.39 is 14.9 Å². The van der Waals surface area contributed by atoms with E-state index in [-0.39, 0.29) is 42.3 Å². The Morgan fingerprint density at radius 2 is 1.92 bits per heavy atom. The zero-order valence-corrected chi connectivity index (χ0v) is 14.9.